The maximum absolute atomic E-state index is 12.0. The minimum atomic E-state index is 0.0568. The smallest absolute Gasteiger partial charge is 0.220 e. The molecule has 20 heavy (non-hydrogen) atoms. The number of carbonyl (C=O) groups excluding carboxylic acids is 1. The molecule has 3 N–H and O–H groups in total. The van der Waals surface area contributed by atoms with Crippen LogP contribution >= 0.6 is 0 Å². The molecule has 0 saturated heterocycles. The van der Waals surface area contributed by atoms with E-state index in [1.165, 1.54) is 11.1 Å². The van der Waals surface area contributed by atoms with Crippen molar-refractivity contribution in [2.45, 2.75) is 53.0 Å². The van der Waals surface area contributed by atoms with Crippen LogP contribution in [-0.4, -0.2) is 12.5 Å². The molecule has 1 amide bonds. The van der Waals surface area contributed by atoms with Gasteiger partial charge in [-0.3, -0.25) is 4.79 Å². The molecule has 0 heterocycles. The highest BCUT2D eigenvalue weighted by molar-refractivity contribution is 5.76. The number of aryl methyl sites for hydroxylation is 1. The van der Waals surface area contributed by atoms with Crippen LogP contribution in [0.4, 0.5) is 0 Å². The highest BCUT2D eigenvalue weighted by Gasteiger charge is 2.19. The molecule has 1 aromatic carbocycles. The number of hydrogen-bond donors (Lipinski definition) is 2. The zero-order chi connectivity index (χ0) is 15.2. The molecule has 3 heteroatoms. The van der Waals surface area contributed by atoms with E-state index >= 15 is 0 Å². The Kier molecular flexibility index (Phi) is 6.21. The first-order valence-electron chi connectivity index (χ1n) is 7.41. The van der Waals surface area contributed by atoms with Gasteiger partial charge in [0.15, 0.2) is 0 Å². The number of rotatable bonds is 7. The van der Waals surface area contributed by atoms with E-state index in [4.69, 9.17) is 5.73 Å². The molecular formula is C17H28N2O. The molecule has 0 aliphatic carbocycles. The number of hydrogen-bond acceptors (Lipinski definition) is 2. The Morgan fingerprint density at radius 2 is 1.95 bits per heavy atom. The van der Waals surface area contributed by atoms with Gasteiger partial charge in [-0.1, -0.05) is 38.1 Å². The molecule has 0 unspecified atom stereocenters. The summed E-state index contributed by atoms with van der Waals surface area (Å²) in [4.78, 5) is 12.0. The molecule has 0 spiro atoms. The van der Waals surface area contributed by atoms with Gasteiger partial charge in [0.25, 0.3) is 0 Å². The minimum Gasteiger partial charge on any atom is -0.350 e. The summed E-state index contributed by atoms with van der Waals surface area (Å²) in [6, 6.07) is 8.22. The van der Waals surface area contributed by atoms with Crippen molar-refractivity contribution in [1.29, 1.82) is 0 Å². The van der Waals surface area contributed by atoms with Crippen LogP contribution in [0.1, 0.15) is 57.2 Å². The van der Waals surface area contributed by atoms with Gasteiger partial charge in [-0.15, -0.1) is 0 Å². The number of carbonyl (C=O) groups is 1. The van der Waals surface area contributed by atoms with Crippen LogP contribution in [0.2, 0.25) is 0 Å². The van der Waals surface area contributed by atoms with Gasteiger partial charge >= 0.3 is 0 Å². The lowest BCUT2D eigenvalue weighted by molar-refractivity contribution is -0.122. The Bertz CT molecular complexity index is 440. The summed E-state index contributed by atoms with van der Waals surface area (Å²) in [5.41, 5.74) is 8.13. The van der Waals surface area contributed by atoms with Crippen LogP contribution in [0, 0.1) is 12.3 Å². The Balaban J connectivity index is 2.49. The largest absolute Gasteiger partial charge is 0.350 e. The van der Waals surface area contributed by atoms with Crippen LogP contribution in [0.15, 0.2) is 24.3 Å². The summed E-state index contributed by atoms with van der Waals surface area (Å²) >= 11 is 0. The summed E-state index contributed by atoms with van der Waals surface area (Å²) < 4.78 is 0. The third-order valence-electron chi connectivity index (χ3n) is 3.88. The van der Waals surface area contributed by atoms with E-state index < -0.39 is 0 Å². The first kappa shape index (κ1) is 16.7. The maximum atomic E-state index is 12.0. The molecule has 1 rings (SSSR count). The van der Waals surface area contributed by atoms with E-state index in [1.54, 1.807) is 0 Å². The van der Waals surface area contributed by atoms with Crippen LogP contribution in [0.25, 0.3) is 0 Å². The van der Waals surface area contributed by atoms with Crippen LogP contribution in [-0.2, 0) is 4.79 Å². The van der Waals surface area contributed by atoms with Crippen LogP contribution < -0.4 is 11.1 Å². The van der Waals surface area contributed by atoms with Crippen molar-refractivity contribution in [3.63, 3.8) is 0 Å². The molecule has 0 saturated carbocycles. The quantitative estimate of drug-likeness (QED) is 0.802. The normalized spacial score (nSPS) is 13.1. The summed E-state index contributed by atoms with van der Waals surface area (Å²) in [7, 11) is 0. The topological polar surface area (TPSA) is 55.1 Å². The Morgan fingerprint density at radius 1 is 1.30 bits per heavy atom. The zero-order valence-corrected chi connectivity index (χ0v) is 13.2. The fourth-order valence-electron chi connectivity index (χ4n) is 2.43. The molecule has 1 aromatic rings. The molecule has 112 valence electrons. The third kappa shape index (κ3) is 5.33. The lowest BCUT2D eigenvalue weighted by atomic mass is 9.84. The standard InChI is InChI=1S/C17H28N2O/c1-13-7-5-6-8-15(13)14(2)19-16(20)9-10-17(3,4)11-12-18/h5-8,14H,9-12,18H2,1-4H3,(H,19,20)/t14-/m1/s1. The van der Waals surface area contributed by atoms with Gasteiger partial charge in [-0.25, -0.2) is 0 Å². The Hall–Kier alpha value is -1.35. The van der Waals surface area contributed by atoms with Gasteiger partial charge in [0.1, 0.15) is 0 Å². The van der Waals surface area contributed by atoms with Crippen molar-refractivity contribution < 1.29 is 4.79 Å². The summed E-state index contributed by atoms with van der Waals surface area (Å²) in [5.74, 6) is 0.117. The van der Waals surface area contributed by atoms with Crippen LogP contribution in [0.5, 0.6) is 0 Å². The molecule has 0 fully saturated rings. The zero-order valence-electron chi connectivity index (χ0n) is 13.2. The van der Waals surface area contributed by atoms with E-state index in [0.717, 1.165) is 12.8 Å². The van der Waals surface area contributed by atoms with E-state index in [1.807, 2.05) is 19.1 Å². The van der Waals surface area contributed by atoms with Gasteiger partial charge < -0.3 is 11.1 Å². The van der Waals surface area contributed by atoms with Gasteiger partial charge in [0.05, 0.1) is 6.04 Å². The molecule has 0 bridgehead atoms. The first-order valence-corrected chi connectivity index (χ1v) is 7.41. The van der Waals surface area contributed by atoms with Gasteiger partial charge in [0, 0.05) is 6.42 Å². The van der Waals surface area contributed by atoms with Gasteiger partial charge in [-0.05, 0) is 49.8 Å². The summed E-state index contributed by atoms with van der Waals surface area (Å²) in [6.07, 6.45) is 2.38. The molecule has 0 radical (unpaired) electrons. The second-order valence-electron chi connectivity index (χ2n) is 6.35. The van der Waals surface area contributed by atoms with E-state index in [0.29, 0.717) is 13.0 Å². The average molecular weight is 276 g/mol. The average Bonchev–Trinajstić information content (AvgIpc) is 2.37. The van der Waals surface area contributed by atoms with E-state index in [-0.39, 0.29) is 17.4 Å². The second-order valence-corrected chi connectivity index (χ2v) is 6.35. The molecule has 3 nitrogen and oxygen atoms in total. The molecule has 0 aromatic heterocycles. The summed E-state index contributed by atoms with van der Waals surface area (Å²) in [6.45, 7) is 9.11. The monoisotopic (exact) mass is 276 g/mol. The Morgan fingerprint density at radius 3 is 2.55 bits per heavy atom. The van der Waals surface area contributed by atoms with E-state index in [2.05, 4.69) is 38.2 Å². The lowest BCUT2D eigenvalue weighted by Gasteiger charge is -2.24. The van der Waals surface area contributed by atoms with Crippen molar-refractivity contribution in [3.05, 3.63) is 35.4 Å². The van der Waals surface area contributed by atoms with Crippen molar-refractivity contribution >= 4 is 5.91 Å². The number of nitrogens with two attached hydrogens (primary N) is 1. The van der Waals surface area contributed by atoms with Crippen molar-refractivity contribution in [2.75, 3.05) is 6.54 Å². The highest BCUT2D eigenvalue weighted by Crippen LogP contribution is 2.26. The lowest BCUT2D eigenvalue weighted by Crippen LogP contribution is -2.28. The number of amides is 1. The highest BCUT2D eigenvalue weighted by atomic mass is 16.1. The molecule has 0 aliphatic heterocycles. The number of benzene rings is 1. The maximum Gasteiger partial charge on any atom is 0.220 e. The van der Waals surface area contributed by atoms with Gasteiger partial charge in [0.2, 0.25) is 5.91 Å². The molecule has 0 aliphatic rings. The van der Waals surface area contributed by atoms with Crippen LogP contribution in [0.3, 0.4) is 0 Å². The third-order valence-corrected chi connectivity index (χ3v) is 3.88. The fraction of sp³-hybridized carbons (Fsp3) is 0.588. The fourth-order valence-corrected chi connectivity index (χ4v) is 2.43. The van der Waals surface area contributed by atoms with Gasteiger partial charge in [-0.2, -0.15) is 0 Å². The van der Waals surface area contributed by atoms with Crippen molar-refractivity contribution in [1.82, 2.24) is 5.32 Å². The Labute approximate surface area is 122 Å². The predicted molar refractivity (Wildman–Crippen MR) is 84.4 cm³/mol. The molecule has 1 atom stereocenters. The van der Waals surface area contributed by atoms with Crippen molar-refractivity contribution in [3.8, 4) is 0 Å². The number of nitrogens with one attached hydrogen (secondary N) is 1. The molecular weight excluding hydrogens is 248 g/mol. The summed E-state index contributed by atoms with van der Waals surface area (Å²) in [5, 5.41) is 3.08. The first-order chi connectivity index (χ1) is 9.35. The van der Waals surface area contributed by atoms with E-state index in [9.17, 15) is 4.79 Å². The minimum absolute atomic E-state index is 0.0568. The van der Waals surface area contributed by atoms with Crippen molar-refractivity contribution in [2.24, 2.45) is 11.1 Å². The second kappa shape index (κ2) is 7.44. The predicted octanol–water partition coefficient (Wildman–Crippen LogP) is 3.33. The SMILES string of the molecule is Cc1ccccc1[C@@H](C)NC(=O)CCC(C)(C)CCN.